The summed E-state index contributed by atoms with van der Waals surface area (Å²) in [6, 6.07) is 12.3. The zero-order valence-electron chi connectivity index (χ0n) is 16.5. The minimum absolute atomic E-state index is 0.0507. The molecule has 0 spiro atoms. The van der Waals surface area contributed by atoms with E-state index in [-0.39, 0.29) is 11.7 Å². The van der Waals surface area contributed by atoms with Crippen molar-refractivity contribution >= 4 is 28.2 Å². The van der Waals surface area contributed by atoms with E-state index in [4.69, 9.17) is 10.5 Å². The van der Waals surface area contributed by atoms with Gasteiger partial charge in [0.2, 0.25) is 5.88 Å². The standard InChI is InChI=1S/C23H20N4O2S/c1-13-14(11-27-12-26-16-5-2-3-6-17(16)27)9-20(30-13)21-15(10-24)23(25)29-19-8-4-7-18(28)22(19)21/h2-3,5-6,9,12,21H,4,7-8,11,25H2,1H3/t21-/m0/s1. The van der Waals surface area contributed by atoms with Crippen molar-refractivity contribution in [2.75, 3.05) is 0 Å². The summed E-state index contributed by atoms with van der Waals surface area (Å²) in [6.45, 7) is 2.74. The molecule has 5 rings (SSSR count). The molecule has 0 amide bonds. The summed E-state index contributed by atoms with van der Waals surface area (Å²) < 4.78 is 7.79. The van der Waals surface area contributed by atoms with Gasteiger partial charge in [-0.05, 0) is 37.1 Å². The SMILES string of the molecule is Cc1sc([C@@H]2C(C#N)=C(N)OC3=C2C(=O)CCC3)cc1Cn1cnc2ccccc21. The highest BCUT2D eigenvalue weighted by atomic mass is 32.1. The number of rotatable bonds is 3. The van der Waals surface area contributed by atoms with Gasteiger partial charge in [-0.15, -0.1) is 11.3 Å². The number of para-hydroxylation sites is 2. The van der Waals surface area contributed by atoms with Crippen LogP contribution in [0.2, 0.25) is 0 Å². The van der Waals surface area contributed by atoms with Crippen LogP contribution in [0.25, 0.3) is 11.0 Å². The summed E-state index contributed by atoms with van der Waals surface area (Å²) in [6.07, 6.45) is 3.76. The van der Waals surface area contributed by atoms with Crippen LogP contribution in [0.4, 0.5) is 0 Å². The van der Waals surface area contributed by atoms with Crippen LogP contribution in [0.5, 0.6) is 0 Å². The monoisotopic (exact) mass is 416 g/mol. The van der Waals surface area contributed by atoms with Gasteiger partial charge in [0.1, 0.15) is 17.4 Å². The Morgan fingerprint density at radius 3 is 3.03 bits per heavy atom. The third-order valence-electron chi connectivity index (χ3n) is 5.80. The third kappa shape index (κ3) is 2.92. The van der Waals surface area contributed by atoms with Crippen molar-refractivity contribution < 1.29 is 9.53 Å². The highest BCUT2D eigenvalue weighted by molar-refractivity contribution is 7.12. The molecule has 6 nitrogen and oxygen atoms in total. The number of hydrogen-bond donors (Lipinski definition) is 1. The number of imidazole rings is 1. The van der Waals surface area contributed by atoms with Gasteiger partial charge in [0, 0.05) is 28.2 Å². The van der Waals surface area contributed by atoms with Gasteiger partial charge in [0.05, 0.1) is 29.8 Å². The van der Waals surface area contributed by atoms with Crippen molar-refractivity contribution in [2.45, 2.75) is 38.6 Å². The number of benzene rings is 1. The first-order chi connectivity index (χ1) is 14.6. The Morgan fingerprint density at radius 1 is 1.37 bits per heavy atom. The molecule has 0 saturated carbocycles. The molecule has 0 unspecified atom stereocenters. The van der Waals surface area contributed by atoms with Crippen LogP contribution in [0.1, 0.15) is 40.5 Å². The molecule has 30 heavy (non-hydrogen) atoms. The summed E-state index contributed by atoms with van der Waals surface area (Å²) in [5.74, 6) is 0.350. The smallest absolute Gasteiger partial charge is 0.205 e. The predicted octanol–water partition coefficient (Wildman–Crippen LogP) is 4.27. The van der Waals surface area contributed by atoms with Crippen LogP contribution >= 0.6 is 11.3 Å². The lowest BCUT2D eigenvalue weighted by Gasteiger charge is -2.30. The highest BCUT2D eigenvalue weighted by Gasteiger charge is 2.39. The van der Waals surface area contributed by atoms with Crippen LogP contribution in [0, 0.1) is 18.3 Å². The van der Waals surface area contributed by atoms with E-state index in [9.17, 15) is 10.1 Å². The third-order valence-corrected chi connectivity index (χ3v) is 6.95. The largest absolute Gasteiger partial charge is 0.444 e. The Balaban J connectivity index is 1.57. The fourth-order valence-electron chi connectivity index (χ4n) is 4.30. The van der Waals surface area contributed by atoms with Gasteiger partial charge >= 0.3 is 0 Å². The molecule has 3 aromatic rings. The number of nitrogens with zero attached hydrogens (tertiary/aromatic N) is 3. The summed E-state index contributed by atoms with van der Waals surface area (Å²) in [4.78, 5) is 19.3. The number of carbonyl (C=O) groups is 1. The Bertz CT molecular complexity index is 1290. The molecule has 1 aromatic carbocycles. The maximum atomic E-state index is 12.8. The number of aromatic nitrogens is 2. The molecule has 3 heterocycles. The normalized spacial score (nSPS) is 19.1. The molecule has 2 N–H and O–H groups in total. The first-order valence-electron chi connectivity index (χ1n) is 9.89. The second kappa shape index (κ2) is 7.15. The van der Waals surface area contributed by atoms with Crippen molar-refractivity contribution in [1.29, 1.82) is 5.26 Å². The lowest BCUT2D eigenvalue weighted by molar-refractivity contribution is -0.116. The Labute approximate surface area is 177 Å². The molecule has 2 aliphatic rings. The number of fused-ring (bicyclic) bond motifs is 1. The molecule has 1 aliphatic carbocycles. The van der Waals surface area contributed by atoms with Crippen LogP contribution in [0.15, 0.2) is 59.4 Å². The van der Waals surface area contributed by atoms with E-state index in [1.54, 1.807) is 11.3 Å². The molecule has 0 saturated heterocycles. The number of nitrogens with two attached hydrogens (primary N) is 1. The maximum Gasteiger partial charge on any atom is 0.205 e. The summed E-state index contributed by atoms with van der Waals surface area (Å²) in [5, 5.41) is 9.76. The molecule has 2 aromatic heterocycles. The van der Waals surface area contributed by atoms with Crippen LogP contribution in [-0.2, 0) is 16.1 Å². The van der Waals surface area contributed by atoms with E-state index in [2.05, 4.69) is 34.7 Å². The number of thiophene rings is 1. The number of Topliss-reactive ketones (excluding diaryl/α,β-unsaturated/α-hetero) is 1. The lowest BCUT2D eigenvalue weighted by atomic mass is 9.80. The lowest BCUT2D eigenvalue weighted by Crippen LogP contribution is -2.27. The quantitative estimate of drug-likeness (QED) is 0.688. The summed E-state index contributed by atoms with van der Waals surface area (Å²) >= 11 is 1.61. The molecule has 150 valence electrons. The molecule has 1 aliphatic heterocycles. The van der Waals surface area contributed by atoms with Gasteiger partial charge in [0.25, 0.3) is 0 Å². The van der Waals surface area contributed by atoms with Gasteiger partial charge in [-0.1, -0.05) is 12.1 Å². The van der Waals surface area contributed by atoms with Gasteiger partial charge in [-0.3, -0.25) is 4.79 Å². The Morgan fingerprint density at radius 2 is 2.20 bits per heavy atom. The fraction of sp³-hybridized carbons (Fsp3) is 0.261. The second-order valence-electron chi connectivity index (χ2n) is 7.63. The molecule has 0 radical (unpaired) electrons. The average molecular weight is 417 g/mol. The molecule has 0 fully saturated rings. The van der Waals surface area contributed by atoms with Crippen molar-refractivity contribution in [3.05, 3.63) is 74.8 Å². The molecular weight excluding hydrogens is 396 g/mol. The minimum atomic E-state index is -0.441. The van der Waals surface area contributed by atoms with Crippen molar-refractivity contribution in [3.8, 4) is 6.07 Å². The number of ketones is 1. The summed E-state index contributed by atoms with van der Waals surface area (Å²) in [7, 11) is 0. The van der Waals surface area contributed by atoms with Crippen molar-refractivity contribution in [3.63, 3.8) is 0 Å². The number of allylic oxidation sites excluding steroid dienone is 3. The average Bonchev–Trinajstić information content (AvgIpc) is 3.31. The summed E-state index contributed by atoms with van der Waals surface area (Å²) in [5.41, 5.74) is 10.2. The first-order valence-corrected chi connectivity index (χ1v) is 10.7. The van der Waals surface area contributed by atoms with E-state index >= 15 is 0 Å². The predicted molar refractivity (Wildman–Crippen MR) is 114 cm³/mol. The van der Waals surface area contributed by atoms with E-state index in [0.29, 0.717) is 36.3 Å². The zero-order valence-corrected chi connectivity index (χ0v) is 17.3. The van der Waals surface area contributed by atoms with Crippen LogP contribution < -0.4 is 5.73 Å². The van der Waals surface area contributed by atoms with Crippen molar-refractivity contribution in [2.24, 2.45) is 5.73 Å². The van der Waals surface area contributed by atoms with Crippen molar-refractivity contribution in [1.82, 2.24) is 9.55 Å². The number of nitriles is 1. The molecule has 0 bridgehead atoms. The van der Waals surface area contributed by atoms with E-state index in [1.165, 1.54) is 0 Å². The Hall–Kier alpha value is -3.37. The van der Waals surface area contributed by atoms with Gasteiger partial charge in [-0.2, -0.15) is 5.26 Å². The highest BCUT2D eigenvalue weighted by Crippen LogP contribution is 2.45. The van der Waals surface area contributed by atoms with Crippen LogP contribution in [-0.4, -0.2) is 15.3 Å². The topological polar surface area (TPSA) is 93.9 Å². The van der Waals surface area contributed by atoms with E-state index in [0.717, 1.165) is 32.8 Å². The van der Waals surface area contributed by atoms with E-state index < -0.39 is 5.92 Å². The molecule has 7 heteroatoms. The number of ether oxygens (including phenoxy) is 1. The first kappa shape index (κ1) is 18.6. The maximum absolute atomic E-state index is 12.8. The van der Waals surface area contributed by atoms with Crippen LogP contribution in [0.3, 0.4) is 0 Å². The molecular formula is C23H20N4O2S. The number of aryl methyl sites for hydroxylation is 1. The zero-order chi connectivity index (χ0) is 20.8. The van der Waals surface area contributed by atoms with Gasteiger partial charge < -0.3 is 15.0 Å². The number of carbonyl (C=O) groups excluding carboxylic acids is 1. The molecule has 1 atom stereocenters. The van der Waals surface area contributed by atoms with E-state index in [1.807, 2.05) is 24.5 Å². The van der Waals surface area contributed by atoms with Gasteiger partial charge in [-0.25, -0.2) is 4.98 Å². The minimum Gasteiger partial charge on any atom is -0.444 e. The number of hydrogen-bond acceptors (Lipinski definition) is 6. The fourth-order valence-corrected chi connectivity index (χ4v) is 5.47. The second-order valence-corrected chi connectivity index (χ2v) is 8.92. The Kier molecular flexibility index (Phi) is 4.44. The van der Waals surface area contributed by atoms with Gasteiger partial charge in [0.15, 0.2) is 5.78 Å².